The molecule has 2 atom stereocenters. The molecule has 1 aromatic heterocycles. The summed E-state index contributed by atoms with van der Waals surface area (Å²) < 4.78 is 3.15. The summed E-state index contributed by atoms with van der Waals surface area (Å²) in [6, 6.07) is 3.15. The SMILES string of the molecule is CC(C)NC1(C#N)CCC(n2cc(I)cn2)C1. The molecule has 92 valence electrons. The van der Waals surface area contributed by atoms with Gasteiger partial charge in [0.15, 0.2) is 0 Å². The zero-order chi connectivity index (χ0) is 12.5. The van der Waals surface area contributed by atoms with Gasteiger partial charge in [0.1, 0.15) is 5.54 Å². The first-order chi connectivity index (χ1) is 8.04. The zero-order valence-electron chi connectivity index (χ0n) is 10.2. The molecule has 1 N–H and O–H groups in total. The minimum atomic E-state index is -0.365. The van der Waals surface area contributed by atoms with Crippen molar-refractivity contribution in [3.05, 3.63) is 16.0 Å². The molecule has 1 heterocycles. The second-order valence-electron chi connectivity index (χ2n) is 5.03. The first kappa shape index (κ1) is 12.8. The lowest BCUT2D eigenvalue weighted by Gasteiger charge is -2.25. The maximum Gasteiger partial charge on any atom is 0.109 e. The van der Waals surface area contributed by atoms with Crippen LogP contribution in [0.5, 0.6) is 0 Å². The second-order valence-corrected chi connectivity index (χ2v) is 6.27. The van der Waals surface area contributed by atoms with E-state index in [4.69, 9.17) is 0 Å². The van der Waals surface area contributed by atoms with Crippen molar-refractivity contribution < 1.29 is 0 Å². The van der Waals surface area contributed by atoms with E-state index in [1.54, 1.807) is 0 Å². The monoisotopic (exact) mass is 344 g/mol. The number of hydrogen-bond donors (Lipinski definition) is 1. The first-order valence-corrected chi connectivity index (χ1v) is 7.01. The van der Waals surface area contributed by atoms with Crippen molar-refractivity contribution in [2.24, 2.45) is 0 Å². The summed E-state index contributed by atoms with van der Waals surface area (Å²) >= 11 is 2.26. The predicted molar refractivity (Wildman–Crippen MR) is 74.4 cm³/mol. The highest BCUT2D eigenvalue weighted by Gasteiger charge is 2.40. The molecule has 1 aliphatic carbocycles. The summed E-state index contributed by atoms with van der Waals surface area (Å²) in [7, 11) is 0. The van der Waals surface area contributed by atoms with Crippen molar-refractivity contribution in [1.29, 1.82) is 5.26 Å². The fourth-order valence-corrected chi connectivity index (χ4v) is 2.99. The van der Waals surface area contributed by atoms with Gasteiger partial charge in [-0.3, -0.25) is 10.00 Å². The summed E-state index contributed by atoms with van der Waals surface area (Å²) in [4.78, 5) is 0. The highest BCUT2D eigenvalue weighted by Crippen LogP contribution is 2.37. The third-order valence-corrected chi connectivity index (χ3v) is 3.77. The van der Waals surface area contributed by atoms with Crippen molar-refractivity contribution in [3.8, 4) is 6.07 Å². The Labute approximate surface area is 116 Å². The average Bonchev–Trinajstić information content (AvgIpc) is 2.85. The van der Waals surface area contributed by atoms with Crippen LogP contribution in [0.3, 0.4) is 0 Å². The predicted octanol–water partition coefficient (Wildman–Crippen LogP) is 2.47. The molecule has 1 aliphatic rings. The van der Waals surface area contributed by atoms with Crippen LogP contribution in [0.4, 0.5) is 0 Å². The van der Waals surface area contributed by atoms with Gasteiger partial charge >= 0.3 is 0 Å². The Balaban J connectivity index is 2.10. The standard InChI is InChI=1S/C12H17IN4/c1-9(2)16-12(8-14)4-3-11(5-12)17-7-10(13)6-15-17/h6-7,9,11,16H,3-5H2,1-2H3. The van der Waals surface area contributed by atoms with E-state index >= 15 is 0 Å². The van der Waals surface area contributed by atoms with Gasteiger partial charge in [0.25, 0.3) is 0 Å². The van der Waals surface area contributed by atoms with Crippen LogP contribution in [0.15, 0.2) is 12.4 Å². The normalized spacial score (nSPS) is 28.5. The smallest absolute Gasteiger partial charge is 0.109 e. The third-order valence-electron chi connectivity index (χ3n) is 3.21. The van der Waals surface area contributed by atoms with E-state index in [9.17, 15) is 5.26 Å². The van der Waals surface area contributed by atoms with E-state index in [-0.39, 0.29) is 5.54 Å². The van der Waals surface area contributed by atoms with Gasteiger partial charge in [0.2, 0.25) is 0 Å². The Bertz CT molecular complexity index is 434. The van der Waals surface area contributed by atoms with Gasteiger partial charge in [0.05, 0.1) is 21.9 Å². The molecule has 0 bridgehead atoms. The van der Waals surface area contributed by atoms with Crippen molar-refractivity contribution in [1.82, 2.24) is 15.1 Å². The van der Waals surface area contributed by atoms with Gasteiger partial charge in [-0.15, -0.1) is 0 Å². The van der Waals surface area contributed by atoms with Crippen LogP contribution in [-0.4, -0.2) is 21.4 Å². The number of nitriles is 1. The van der Waals surface area contributed by atoms with E-state index in [1.165, 1.54) is 0 Å². The number of nitrogens with one attached hydrogen (secondary N) is 1. The van der Waals surface area contributed by atoms with Crippen molar-refractivity contribution in [2.45, 2.75) is 50.7 Å². The molecular formula is C12H17IN4. The van der Waals surface area contributed by atoms with E-state index in [0.29, 0.717) is 12.1 Å². The minimum Gasteiger partial charge on any atom is -0.297 e. The van der Waals surface area contributed by atoms with Crippen molar-refractivity contribution >= 4 is 22.6 Å². The first-order valence-electron chi connectivity index (χ1n) is 5.93. The van der Waals surface area contributed by atoms with Gasteiger partial charge < -0.3 is 0 Å². The number of halogens is 1. The van der Waals surface area contributed by atoms with Crippen LogP contribution in [0.2, 0.25) is 0 Å². The average molecular weight is 344 g/mol. The van der Waals surface area contributed by atoms with E-state index in [2.05, 4.69) is 52.9 Å². The zero-order valence-corrected chi connectivity index (χ0v) is 12.3. The largest absolute Gasteiger partial charge is 0.297 e. The van der Waals surface area contributed by atoms with E-state index in [1.807, 2.05) is 17.1 Å². The highest BCUT2D eigenvalue weighted by atomic mass is 127. The molecule has 5 heteroatoms. The molecule has 0 radical (unpaired) electrons. The maximum atomic E-state index is 9.39. The van der Waals surface area contributed by atoms with Gasteiger partial charge in [0, 0.05) is 18.7 Å². The topological polar surface area (TPSA) is 53.6 Å². The molecule has 4 nitrogen and oxygen atoms in total. The molecule has 1 aromatic rings. The molecule has 2 rings (SSSR count). The van der Waals surface area contributed by atoms with Crippen LogP contribution < -0.4 is 5.32 Å². The summed E-state index contributed by atoms with van der Waals surface area (Å²) in [5.74, 6) is 0. The van der Waals surface area contributed by atoms with Crippen LogP contribution in [0, 0.1) is 14.9 Å². The fraction of sp³-hybridized carbons (Fsp3) is 0.667. The van der Waals surface area contributed by atoms with Gasteiger partial charge in [-0.25, -0.2) is 0 Å². The van der Waals surface area contributed by atoms with Gasteiger partial charge in [-0.05, 0) is 49.3 Å². The molecule has 0 amide bonds. The molecular weight excluding hydrogens is 327 g/mol. The van der Waals surface area contributed by atoms with Gasteiger partial charge in [-0.1, -0.05) is 0 Å². The second kappa shape index (κ2) is 4.94. The van der Waals surface area contributed by atoms with Crippen LogP contribution in [0.25, 0.3) is 0 Å². The Morgan fingerprint density at radius 3 is 3.00 bits per heavy atom. The van der Waals surface area contributed by atoms with E-state index in [0.717, 1.165) is 22.8 Å². The van der Waals surface area contributed by atoms with Gasteiger partial charge in [-0.2, -0.15) is 10.4 Å². The summed E-state index contributed by atoms with van der Waals surface area (Å²) in [5.41, 5.74) is -0.365. The Hall–Kier alpha value is -0.610. The summed E-state index contributed by atoms with van der Waals surface area (Å²) in [5, 5.41) is 17.1. The Morgan fingerprint density at radius 2 is 2.47 bits per heavy atom. The minimum absolute atomic E-state index is 0.339. The number of hydrogen-bond acceptors (Lipinski definition) is 3. The van der Waals surface area contributed by atoms with Crippen molar-refractivity contribution in [3.63, 3.8) is 0 Å². The molecule has 17 heavy (non-hydrogen) atoms. The van der Waals surface area contributed by atoms with Crippen molar-refractivity contribution in [2.75, 3.05) is 0 Å². The number of rotatable bonds is 3. The lowest BCUT2D eigenvalue weighted by molar-refractivity contribution is 0.361. The highest BCUT2D eigenvalue weighted by molar-refractivity contribution is 14.1. The number of aromatic nitrogens is 2. The van der Waals surface area contributed by atoms with Crippen LogP contribution in [0.1, 0.15) is 39.2 Å². The quantitative estimate of drug-likeness (QED) is 0.857. The Kier molecular flexibility index (Phi) is 3.73. The lowest BCUT2D eigenvalue weighted by Crippen LogP contribution is -2.45. The third kappa shape index (κ3) is 2.80. The molecule has 1 saturated carbocycles. The molecule has 1 fully saturated rings. The van der Waals surface area contributed by atoms with Crippen LogP contribution >= 0.6 is 22.6 Å². The molecule has 0 aliphatic heterocycles. The molecule has 0 aromatic carbocycles. The Morgan fingerprint density at radius 1 is 1.71 bits per heavy atom. The summed E-state index contributed by atoms with van der Waals surface area (Å²) in [6.07, 6.45) is 6.68. The molecule has 2 unspecified atom stereocenters. The number of nitrogens with zero attached hydrogens (tertiary/aromatic N) is 3. The molecule has 0 saturated heterocycles. The van der Waals surface area contributed by atoms with Crippen LogP contribution in [-0.2, 0) is 0 Å². The van der Waals surface area contributed by atoms with E-state index < -0.39 is 0 Å². The lowest BCUT2D eigenvalue weighted by atomic mass is 9.98. The maximum absolute atomic E-state index is 9.39. The molecule has 0 spiro atoms. The fourth-order valence-electron chi connectivity index (χ4n) is 2.58. The summed E-state index contributed by atoms with van der Waals surface area (Å²) in [6.45, 7) is 4.17.